The third-order valence-electron chi connectivity index (χ3n) is 6.82. The van der Waals surface area contributed by atoms with E-state index in [1.807, 2.05) is 48.5 Å². The van der Waals surface area contributed by atoms with Gasteiger partial charge in [0.05, 0.1) is 0 Å². The normalized spacial score (nSPS) is 14.1. The minimum Gasteiger partial charge on any atom is -0.508 e. The molecule has 0 aliphatic carbocycles. The Hall–Kier alpha value is -3.52. The Morgan fingerprint density at radius 2 is 0.812 bits per heavy atom. The van der Waals surface area contributed by atoms with Crippen LogP contribution >= 0.6 is 0 Å². The van der Waals surface area contributed by atoms with E-state index in [1.165, 1.54) is 22.3 Å². The van der Waals surface area contributed by atoms with Crippen molar-refractivity contribution >= 4 is 0 Å². The lowest BCUT2D eigenvalue weighted by atomic mass is 9.70. The van der Waals surface area contributed by atoms with Gasteiger partial charge in [-0.3, -0.25) is 0 Å². The zero-order valence-corrected chi connectivity index (χ0v) is 19.1. The van der Waals surface area contributed by atoms with Crippen molar-refractivity contribution in [2.75, 3.05) is 0 Å². The van der Waals surface area contributed by atoms with E-state index in [-0.39, 0.29) is 10.8 Å². The maximum atomic E-state index is 7.18. The SMILES string of the molecule is [2H]Oc1ccc(C(C)(C)c2ccc(C(C)(c3ccc(C)cc3)c3ccc(O[2H])cc3)cc2)cc1. The van der Waals surface area contributed by atoms with Crippen LogP contribution in [0.1, 0.15) is 54.2 Å². The van der Waals surface area contributed by atoms with Crippen molar-refractivity contribution in [3.63, 3.8) is 0 Å². The number of rotatable bonds is 7. The molecule has 4 aromatic rings. The third-order valence-corrected chi connectivity index (χ3v) is 6.82. The Morgan fingerprint density at radius 3 is 1.22 bits per heavy atom. The van der Waals surface area contributed by atoms with E-state index in [0.717, 1.165) is 11.1 Å². The van der Waals surface area contributed by atoms with Crippen LogP contribution in [0, 0.1) is 6.92 Å². The molecule has 32 heavy (non-hydrogen) atoms. The second-order valence-electron chi connectivity index (χ2n) is 9.24. The average Bonchev–Trinajstić information content (AvgIpc) is 2.89. The predicted octanol–water partition coefficient (Wildman–Crippen LogP) is 7.09. The van der Waals surface area contributed by atoms with Crippen molar-refractivity contribution in [2.45, 2.75) is 38.5 Å². The molecule has 0 spiro atoms. The Kier molecular flexibility index (Phi) is 4.92. The molecule has 0 saturated carbocycles. The van der Waals surface area contributed by atoms with Crippen LogP contribution in [0.4, 0.5) is 0 Å². The largest absolute Gasteiger partial charge is 0.508 e. The lowest BCUT2D eigenvalue weighted by Crippen LogP contribution is -2.26. The smallest absolute Gasteiger partial charge is 0.293 e. The third kappa shape index (κ3) is 3.89. The molecule has 162 valence electrons. The van der Waals surface area contributed by atoms with Gasteiger partial charge in [-0.05, 0) is 65.9 Å². The number of aromatic hydroxyl groups is 2. The molecular formula is C30H30O2. The van der Waals surface area contributed by atoms with Crippen molar-refractivity contribution in [3.05, 3.63) is 130 Å². The first-order chi connectivity index (χ1) is 16.3. The standard InChI is InChI=1S/C30H30O2/c1-21-5-7-24(8-6-21)30(4,26-15-19-28(32)20-16-26)25-11-9-22(10-12-25)29(2,3)23-13-17-27(31)18-14-23/h5-20,31-32H,1-4H3/i/hD2. The van der Waals surface area contributed by atoms with Gasteiger partial charge in [0.15, 0.2) is 0 Å². The lowest BCUT2D eigenvalue weighted by molar-refractivity contribution is 0.474. The molecule has 0 aliphatic heterocycles. The molecule has 0 radical (unpaired) electrons. The predicted molar refractivity (Wildman–Crippen MR) is 132 cm³/mol. The van der Waals surface area contributed by atoms with Crippen LogP contribution in [0.5, 0.6) is 11.5 Å². The molecule has 0 aliphatic rings. The number of hydrogen-bond donors (Lipinski definition) is 2. The molecule has 2 nitrogen and oxygen atoms in total. The lowest BCUT2D eigenvalue weighted by Gasteiger charge is -2.33. The van der Waals surface area contributed by atoms with Gasteiger partial charge in [-0.15, -0.1) is 0 Å². The fourth-order valence-electron chi connectivity index (χ4n) is 4.43. The van der Waals surface area contributed by atoms with E-state index < -0.39 is 0 Å². The van der Waals surface area contributed by atoms with Crippen molar-refractivity contribution in [3.8, 4) is 11.5 Å². The Bertz CT molecular complexity index is 1230. The molecule has 2 N–H and O–H groups in total. The van der Waals surface area contributed by atoms with Crippen LogP contribution in [0.15, 0.2) is 97.1 Å². The zero-order chi connectivity index (χ0) is 24.3. The molecule has 4 aromatic carbocycles. The summed E-state index contributed by atoms with van der Waals surface area (Å²) in [4.78, 5) is 0. The molecule has 0 aromatic heterocycles. The van der Waals surface area contributed by atoms with Gasteiger partial charge in [-0.25, -0.2) is 0 Å². The zero-order valence-electron chi connectivity index (χ0n) is 21.1. The summed E-state index contributed by atoms with van der Waals surface area (Å²) >= 11 is 0. The van der Waals surface area contributed by atoms with Crippen LogP contribution in [-0.2, 0) is 10.8 Å². The van der Waals surface area contributed by atoms with Crippen LogP contribution in [0.2, 0.25) is 0 Å². The molecule has 0 saturated heterocycles. The van der Waals surface area contributed by atoms with Crippen LogP contribution in [0.25, 0.3) is 0 Å². The van der Waals surface area contributed by atoms with Gasteiger partial charge >= 0.3 is 0 Å². The Labute approximate surface area is 193 Å². The first kappa shape index (κ1) is 19.2. The van der Waals surface area contributed by atoms with Gasteiger partial charge in [0.25, 0.3) is 2.86 Å². The summed E-state index contributed by atoms with van der Waals surface area (Å²) in [5.74, 6) is 1.06. The highest BCUT2D eigenvalue weighted by molar-refractivity contribution is 5.52. The summed E-state index contributed by atoms with van der Waals surface area (Å²) in [7, 11) is 0. The van der Waals surface area contributed by atoms with Gasteiger partial charge in [0.1, 0.15) is 11.5 Å². The van der Waals surface area contributed by atoms with E-state index in [0.29, 0.717) is 11.5 Å². The molecule has 1 atom stereocenters. The average molecular weight is 425 g/mol. The maximum absolute atomic E-state index is 7.18. The number of phenols is 2. The second-order valence-corrected chi connectivity index (χ2v) is 9.24. The minimum absolute atomic E-state index is 0.202. The van der Waals surface area contributed by atoms with E-state index in [2.05, 4.69) is 86.4 Å². The fraction of sp³-hybridized carbons (Fsp3) is 0.200. The van der Waals surface area contributed by atoms with Crippen molar-refractivity contribution in [1.82, 2.24) is 0 Å². The second kappa shape index (κ2) is 8.20. The van der Waals surface area contributed by atoms with Gasteiger partial charge in [0.2, 0.25) is 0 Å². The number of hydrogen-bond acceptors (Lipinski definition) is 2. The topological polar surface area (TPSA) is 40.5 Å². The molecular weight excluding hydrogens is 392 g/mol. The summed E-state index contributed by atoms with van der Waals surface area (Å²) < 4.78 is 14.3. The van der Waals surface area contributed by atoms with Crippen LogP contribution in [-0.4, -0.2) is 13.1 Å². The Morgan fingerprint density at radius 1 is 0.500 bits per heavy atom. The van der Waals surface area contributed by atoms with Crippen molar-refractivity contribution < 1.29 is 10.2 Å². The molecule has 4 rings (SSSR count). The van der Waals surface area contributed by atoms with Crippen LogP contribution < -0.4 is 0 Å². The number of benzene rings is 4. The Balaban J connectivity index is 1.77. The summed E-state index contributed by atoms with van der Waals surface area (Å²) in [5.41, 5.74) is 6.55. The van der Waals surface area contributed by atoms with E-state index >= 15 is 0 Å². The molecule has 0 bridgehead atoms. The summed E-state index contributed by atoms with van der Waals surface area (Å²) in [6.45, 7) is 8.75. The van der Waals surface area contributed by atoms with Gasteiger partial charge in [-0.1, -0.05) is 92.2 Å². The minimum atomic E-state index is -0.371. The highest BCUT2D eigenvalue weighted by Gasteiger charge is 2.32. The molecule has 1 unspecified atom stereocenters. The van der Waals surface area contributed by atoms with E-state index in [9.17, 15) is 0 Å². The first-order valence-electron chi connectivity index (χ1n) is 11.8. The summed E-state index contributed by atoms with van der Waals surface area (Å²) in [6.07, 6.45) is 0. The monoisotopic (exact) mass is 424 g/mol. The van der Waals surface area contributed by atoms with Gasteiger partial charge < -0.3 is 10.2 Å². The van der Waals surface area contributed by atoms with Crippen molar-refractivity contribution in [2.24, 2.45) is 0 Å². The molecule has 0 fully saturated rings. The van der Waals surface area contributed by atoms with Crippen molar-refractivity contribution in [1.29, 1.82) is 2.86 Å². The maximum Gasteiger partial charge on any atom is 0.293 e. The highest BCUT2D eigenvalue weighted by Crippen LogP contribution is 2.41. The molecule has 0 amide bonds. The fourth-order valence-corrected chi connectivity index (χ4v) is 4.43. The molecule has 0 heterocycles. The highest BCUT2D eigenvalue weighted by atomic mass is 16.3. The molecule has 2 heteroatoms. The number of aryl methyl sites for hydroxylation is 1. The van der Waals surface area contributed by atoms with E-state index in [1.54, 1.807) is 0 Å². The van der Waals surface area contributed by atoms with E-state index in [4.69, 9.17) is 2.86 Å². The summed E-state index contributed by atoms with van der Waals surface area (Å²) in [5, 5.41) is 9.23. The van der Waals surface area contributed by atoms with Gasteiger partial charge in [0, 0.05) is 10.8 Å². The summed E-state index contributed by atoms with van der Waals surface area (Å²) in [6, 6.07) is 33.0. The quantitative estimate of drug-likeness (QED) is 0.311. The van der Waals surface area contributed by atoms with Gasteiger partial charge in [-0.2, -0.15) is 0 Å². The number of phenolic OH excluding ortho intramolecular Hbond substituents is 2. The first-order valence-corrected chi connectivity index (χ1v) is 10.9. The van der Waals surface area contributed by atoms with Crippen LogP contribution in [0.3, 0.4) is 0 Å².